The van der Waals surface area contributed by atoms with Crippen LogP contribution in [0.4, 0.5) is 0 Å². The van der Waals surface area contributed by atoms with Crippen LogP contribution in [0.5, 0.6) is 0 Å². The highest BCUT2D eigenvalue weighted by atomic mass is 16.3. The first-order valence-corrected chi connectivity index (χ1v) is 14.8. The predicted molar refractivity (Wildman–Crippen MR) is 181 cm³/mol. The lowest BCUT2D eigenvalue weighted by atomic mass is 9.98. The Kier molecular flexibility index (Phi) is 3.83. The van der Waals surface area contributed by atoms with Crippen LogP contribution in [0.3, 0.4) is 0 Å². The summed E-state index contributed by atoms with van der Waals surface area (Å²) in [7, 11) is 0. The van der Waals surface area contributed by atoms with Gasteiger partial charge in [-0.15, -0.1) is 0 Å². The van der Waals surface area contributed by atoms with Gasteiger partial charge in [-0.25, -0.2) is 0 Å². The zero-order valence-electron chi connectivity index (χ0n) is 23.0. The molecule has 0 fully saturated rings. The third-order valence-corrected chi connectivity index (χ3v) is 9.60. The zero-order chi connectivity index (χ0) is 27.8. The van der Waals surface area contributed by atoms with Crippen LogP contribution >= 0.6 is 0 Å². The van der Waals surface area contributed by atoms with Crippen LogP contribution in [0.1, 0.15) is 0 Å². The highest BCUT2D eigenvalue weighted by Gasteiger charge is 2.21. The van der Waals surface area contributed by atoms with E-state index in [1.807, 2.05) is 6.07 Å². The molecule has 0 bridgehead atoms. The first kappa shape index (κ1) is 21.9. The number of nitrogens with zero attached hydrogens (tertiary/aromatic N) is 2. The van der Waals surface area contributed by atoms with E-state index in [1.165, 1.54) is 76.2 Å². The maximum atomic E-state index is 6.52. The van der Waals surface area contributed by atoms with E-state index in [-0.39, 0.29) is 0 Å². The van der Waals surface area contributed by atoms with E-state index in [4.69, 9.17) is 4.42 Å². The van der Waals surface area contributed by atoms with Gasteiger partial charge in [-0.2, -0.15) is 0 Å². The molecule has 0 aliphatic carbocycles. The van der Waals surface area contributed by atoms with Crippen molar-refractivity contribution >= 4 is 98.1 Å². The molecule has 4 heterocycles. The van der Waals surface area contributed by atoms with Crippen LogP contribution in [0.2, 0.25) is 0 Å². The fourth-order valence-electron chi connectivity index (χ4n) is 7.89. The summed E-state index contributed by atoms with van der Waals surface area (Å²) in [6.45, 7) is 0. The van der Waals surface area contributed by atoms with Crippen LogP contribution in [0.25, 0.3) is 98.1 Å². The van der Waals surface area contributed by atoms with Crippen molar-refractivity contribution in [2.24, 2.45) is 0 Å². The Labute approximate surface area is 244 Å². The van der Waals surface area contributed by atoms with Crippen molar-refractivity contribution in [1.29, 1.82) is 0 Å². The summed E-state index contributed by atoms with van der Waals surface area (Å²) in [4.78, 5) is 0. The van der Waals surface area contributed by atoms with Crippen LogP contribution in [-0.2, 0) is 0 Å². The number of para-hydroxylation sites is 4. The molecule has 0 saturated heterocycles. The van der Waals surface area contributed by atoms with Crippen LogP contribution in [0, 0.1) is 0 Å². The number of aromatic nitrogens is 2. The number of rotatable bonds is 0. The maximum Gasteiger partial charge on any atom is 0.136 e. The summed E-state index contributed by atoms with van der Waals surface area (Å²) < 4.78 is 11.5. The predicted octanol–water partition coefficient (Wildman–Crippen LogP) is 11.0. The number of fused-ring (bicyclic) bond motifs is 15. The van der Waals surface area contributed by atoms with E-state index in [9.17, 15) is 0 Å². The van der Waals surface area contributed by atoms with Gasteiger partial charge >= 0.3 is 0 Å². The largest absolute Gasteiger partial charge is 0.456 e. The first-order valence-electron chi connectivity index (χ1n) is 14.8. The van der Waals surface area contributed by atoms with Crippen LogP contribution in [-0.4, -0.2) is 8.80 Å². The second kappa shape index (κ2) is 7.53. The molecule has 0 spiro atoms. The topological polar surface area (TPSA) is 22.0 Å². The van der Waals surface area contributed by atoms with Gasteiger partial charge in [0, 0.05) is 43.1 Å². The average Bonchev–Trinajstić information content (AvgIpc) is 3.71. The van der Waals surface area contributed by atoms with Crippen molar-refractivity contribution in [3.8, 4) is 0 Å². The van der Waals surface area contributed by atoms with E-state index in [1.54, 1.807) is 0 Å². The summed E-state index contributed by atoms with van der Waals surface area (Å²) in [6, 6.07) is 48.7. The van der Waals surface area contributed by atoms with Gasteiger partial charge in [-0.1, -0.05) is 91.0 Å². The van der Waals surface area contributed by atoms with Crippen molar-refractivity contribution in [3.05, 3.63) is 133 Å². The molecule has 4 aromatic heterocycles. The monoisotopic (exact) mass is 546 g/mol. The molecular weight excluding hydrogens is 524 g/mol. The molecule has 43 heavy (non-hydrogen) atoms. The third-order valence-electron chi connectivity index (χ3n) is 9.60. The molecule has 198 valence electrons. The molecule has 3 heteroatoms. The van der Waals surface area contributed by atoms with Gasteiger partial charge in [0.05, 0.1) is 33.1 Å². The number of hydrogen-bond donors (Lipinski definition) is 0. The van der Waals surface area contributed by atoms with E-state index in [0.717, 1.165) is 21.9 Å². The van der Waals surface area contributed by atoms with E-state index in [0.29, 0.717) is 0 Å². The van der Waals surface area contributed by atoms with E-state index >= 15 is 0 Å². The van der Waals surface area contributed by atoms with Gasteiger partial charge in [-0.3, -0.25) is 0 Å². The maximum absolute atomic E-state index is 6.52. The van der Waals surface area contributed by atoms with Gasteiger partial charge in [0.15, 0.2) is 0 Å². The molecule has 0 aliphatic rings. The molecule has 11 rings (SSSR count). The van der Waals surface area contributed by atoms with Crippen molar-refractivity contribution in [2.75, 3.05) is 0 Å². The van der Waals surface area contributed by atoms with Gasteiger partial charge < -0.3 is 13.2 Å². The Morgan fingerprint density at radius 1 is 0.349 bits per heavy atom. The Morgan fingerprint density at radius 3 is 1.88 bits per heavy atom. The van der Waals surface area contributed by atoms with Crippen molar-refractivity contribution in [2.45, 2.75) is 0 Å². The van der Waals surface area contributed by atoms with Crippen molar-refractivity contribution in [3.63, 3.8) is 0 Å². The summed E-state index contributed by atoms with van der Waals surface area (Å²) in [5.74, 6) is 0. The van der Waals surface area contributed by atoms with Crippen LogP contribution in [0.15, 0.2) is 138 Å². The lowest BCUT2D eigenvalue weighted by molar-refractivity contribution is 0.669. The Morgan fingerprint density at radius 2 is 1.00 bits per heavy atom. The molecule has 0 radical (unpaired) electrons. The molecule has 7 aromatic carbocycles. The number of furan rings is 1. The van der Waals surface area contributed by atoms with E-state index < -0.39 is 0 Å². The normalized spacial score (nSPS) is 12.7. The molecular formula is C40H22N2O. The number of hydrogen-bond acceptors (Lipinski definition) is 1. The fraction of sp³-hybridized carbons (Fsp3) is 0. The Hall–Kier alpha value is -5.80. The van der Waals surface area contributed by atoms with E-state index in [2.05, 4.69) is 136 Å². The average molecular weight is 547 g/mol. The number of benzene rings is 7. The van der Waals surface area contributed by atoms with Crippen molar-refractivity contribution in [1.82, 2.24) is 8.80 Å². The molecule has 3 nitrogen and oxygen atoms in total. The second-order valence-corrected chi connectivity index (χ2v) is 11.7. The molecule has 0 N–H and O–H groups in total. The lowest BCUT2D eigenvalue weighted by Crippen LogP contribution is -1.94. The van der Waals surface area contributed by atoms with Crippen molar-refractivity contribution < 1.29 is 4.42 Å². The van der Waals surface area contributed by atoms with Gasteiger partial charge in [0.1, 0.15) is 11.2 Å². The second-order valence-electron chi connectivity index (χ2n) is 11.7. The molecule has 11 aromatic rings. The fourth-order valence-corrected chi connectivity index (χ4v) is 7.89. The highest BCUT2D eigenvalue weighted by Crippen LogP contribution is 2.44. The first-order chi connectivity index (χ1) is 21.3. The zero-order valence-corrected chi connectivity index (χ0v) is 23.0. The summed E-state index contributed by atoms with van der Waals surface area (Å²) >= 11 is 0. The molecule has 0 unspecified atom stereocenters. The summed E-state index contributed by atoms with van der Waals surface area (Å²) in [5, 5.41) is 12.2. The van der Waals surface area contributed by atoms with Crippen LogP contribution < -0.4 is 0 Å². The minimum Gasteiger partial charge on any atom is -0.456 e. The van der Waals surface area contributed by atoms with Gasteiger partial charge in [-0.05, 0) is 53.2 Å². The smallest absolute Gasteiger partial charge is 0.136 e. The minimum absolute atomic E-state index is 0.908. The highest BCUT2D eigenvalue weighted by molar-refractivity contribution is 6.31. The quantitative estimate of drug-likeness (QED) is 0.185. The summed E-state index contributed by atoms with van der Waals surface area (Å²) in [5.41, 5.74) is 9.06. The van der Waals surface area contributed by atoms with Gasteiger partial charge in [0.25, 0.3) is 0 Å². The minimum atomic E-state index is 0.908. The molecule has 0 saturated carbocycles. The molecule has 0 amide bonds. The third kappa shape index (κ3) is 2.58. The standard InChI is InChI=1S/C40H22N2O/c1-2-11-24-23(10-1)20-31-29-22-37-30(26-13-5-8-19-36(26)43-37)21-35(29)42-32-16-6-3-12-25(32)27-15-9-18-34(39(27)42)41-33-17-7-4-14-28(33)38(24)40(31)41/h1-22H. The summed E-state index contributed by atoms with van der Waals surface area (Å²) in [6.07, 6.45) is 0. The lowest BCUT2D eigenvalue weighted by Gasteiger charge is -2.12. The van der Waals surface area contributed by atoms with Gasteiger partial charge in [0.2, 0.25) is 0 Å². The Balaban J connectivity index is 1.61. The Bertz CT molecular complexity index is 3010. The molecule has 0 atom stereocenters. The molecule has 0 aliphatic heterocycles. The SMILES string of the molecule is c1ccc2c(c1)cc1c3cc4oc5ccccc5c4cc3n3c4ccccc4c4cccc(c43)n3c4ccccc4c2c13.